The third-order valence-corrected chi connectivity index (χ3v) is 3.32. The van der Waals surface area contributed by atoms with E-state index in [-0.39, 0.29) is 24.1 Å². The molecule has 19 heavy (non-hydrogen) atoms. The van der Waals surface area contributed by atoms with Gasteiger partial charge in [-0.25, -0.2) is 4.39 Å². The van der Waals surface area contributed by atoms with Gasteiger partial charge in [0.15, 0.2) is 0 Å². The highest BCUT2D eigenvalue weighted by Gasteiger charge is 2.21. The van der Waals surface area contributed by atoms with Gasteiger partial charge in [-0.05, 0) is 24.3 Å². The topological polar surface area (TPSA) is 23.6 Å². The van der Waals surface area contributed by atoms with Gasteiger partial charge in [0, 0.05) is 44.2 Å². The fourth-order valence-electron chi connectivity index (χ4n) is 2.07. The minimum Gasteiger partial charge on any atom is -0.336 e. The van der Waals surface area contributed by atoms with Crippen molar-refractivity contribution in [3.05, 3.63) is 35.6 Å². The zero-order valence-electron chi connectivity index (χ0n) is 10.5. The number of nitrogens with zero attached hydrogens (tertiary/aromatic N) is 2. The first-order chi connectivity index (χ1) is 8.70. The van der Waals surface area contributed by atoms with E-state index >= 15 is 0 Å². The van der Waals surface area contributed by atoms with Crippen LogP contribution in [0, 0.1) is 5.82 Å². The molecule has 0 spiro atoms. The zero-order chi connectivity index (χ0) is 13.0. The van der Waals surface area contributed by atoms with Crippen molar-refractivity contribution >= 4 is 29.9 Å². The van der Waals surface area contributed by atoms with Crippen molar-refractivity contribution in [2.24, 2.45) is 0 Å². The maximum atomic E-state index is 12.8. The van der Waals surface area contributed by atoms with Crippen LogP contribution in [0.2, 0.25) is 0 Å². The molecule has 0 unspecified atom stereocenters. The predicted octanol–water partition coefficient (Wildman–Crippen LogP) is 2.24. The molecule has 2 rings (SSSR count). The summed E-state index contributed by atoms with van der Waals surface area (Å²) in [5, 5.41) is 0. The van der Waals surface area contributed by atoms with Crippen LogP contribution < -0.4 is 0 Å². The summed E-state index contributed by atoms with van der Waals surface area (Å²) in [7, 11) is 0. The smallest absolute Gasteiger partial charge is 0.253 e. The summed E-state index contributed by atoms with van der Waals surface area (Å²) in [6.07, 6.45) is 0. The molecule has 1 aromatic rings. The molecule has 1 fully saturated rings. The molecule has 0 bridgehead atoms. The van der Waals surface area contributed by atoms with Gasteiger partial charge in [0.25, 0.3) is 5.91 Å². The lowest BCUT2D eigenvalue weighted by Crippen LogP contribution is -2.49. The molecule has 1 aliphatic heterocycles. The Balaban J connectivity index is 0.00000180. The molecule has 0 aromatic heterocycles. The molecule has 0 radical (unpaired) electrons. The molecule has 3 nitrogen and oxygen atoms in total. The summed E-state index contributed by atoms with van der Waals surface area (Å²) in [5.41, 5.74) is 0.544. The standard InChI is InChI=1S/C13H16ClFN2O.ClH/c14-5-6-16-7-9-17(10-8-16)13(18)11-1-3-12(15)4-2-11;/h1-4H,5-10H2;1H. The van der Waals surface area contributed by atoms with Gasteiger partial charge in [0.05, 0.1) is 0 Å². The Bertz CT molecular complexity index is 406. The summed E-state index contributed by atoms with van der Waals surface area (Å²) >= 11 is 5.69. The number of carbonyl (C=O) groups excluding carboxylic acids is 1. The Labute approximate surface area is 123 Å². The number of halogens is 3. The molecule has 1 aromatic carbocycles. The summed E-state index contributed by atoms with van der Waals surface area (Å²) in [6, 6.07) is 5.69. The van der Waals surface area contributed by atoms with Gasteiger partial charge in [-0.3, -0.25) is 9.69 Å². The van der Waals surface area contributed by atoms with Crippen LogP contribution in [-0.4, -0.2) is 54.3 Å². The van der Waals surface area contributed by atoms with Gasteiger partial charge in [0.1, 0.15) is 5.82 Å². The van der Waals surface area contributed by atoms with E-state index in [9.17, 15) is 9.18 Å². The Hall–Kier alpha value is -0.840. The van der Waals surface area contributed by atoms with Crippen molar-refractivity contribution in [2.45, 2.75) is 0 Å². The van der Waals surface area contributed by atoms with Crippen LogP contribution in [-0.2, 0) is 0 Å². The van der Waals surface area contributed by atoms with Gasteiger partial charge in [-0.2, -0.15) is 0 Å². The normalized spacial score (nSPS) is 16.0. The molecular formula is C13H17Cl2FN2O. The van der Waals surface area contributed by atoms with Crippen LogP contribution >= 0.6 is 24.0 Å². The SMILES string of the molecule is Cl.O=C(c1ccc(F)cc1)N1CCN(CCCl)CC1. The van der Waals surface area contributed by atoms with Crippen LogP contribution in [0.15, 0.2) is 24.3 Å². The number of benzene rings is 1. The molecule has 1 saturated heterocycles. The summed E-state index contributed by atoms with van der Waals surface area (Å²) < 4.78 is 12.8. The fraction of sp³-hybridized carbons (Fsp3) is 0.462. The molecule has 106 valence electrons. The van der Waals surface area contributed by atoms with E-state index in [0.717, 1.165) is 19.6 Å². The third kappa shape index (κ3) is 4.34. The number of carbonyl (C=O) groups is 1. The van der Waals surface area contributed by atoms with E-state index in [1.807, 2.05) is 0 Å². The Kier molecular flexibility index (Phi) is 6.55. The molecule has 1 aliphatic rings. The molecule has 0 atom stereocenters. The lowest BCUT2D eigenvalue weighted by Gasteiger charge is -2.34. The van der Waals surface area contributed by atoms with E-state index in [4.69, 9.17) is 11.6 Å². The van der Waals surface area contributed by atoms with Gasteiger partial charge in [0.2, 0.25) is 0 Å². The Morgan fingerprint density at radius 3 is 2.26 bits per heavy atom. The van der Waals surface area contributed by atoms with E-state index in [1.165, 1.54) is 24.3 Å². The minimum absolute atomic E-state index is 0. The lowest BCUT2D eigenvalue weighted by atomic mass is 10.2. The average Bonchev–Trinajstić information content (AvgIpc) is 2.40. The molecule has 1 amide bonds. The van der Waals surface area contributed by atoms with E-state index in [2.05, 4.69) is 4.90 Å². The number of alkyl halides is 1. The van der Waals surface area contributed by atoms with Crippen molar-refractivity contribution in [1.29, 1.82) is 0 Å². The summed E-state index contributed by atoms with van der Waals surface area (Å²) in [4.78, 5) is 16.2. The largest absolute Gasteiger partial charge is 0.336 e. The number of piperazine rings is 1. The van der Waals surface area contributed by atoms with Gasteiger partial charge in [-0.15, -0.1) is 24.0 Å². The van der Waals surface area contributed by atoms with Crippen molar-refractivity contribution in [3.63, 3.8) is 0 Å². The van der Waals surface area contributed by atoms with Crippen LogP contribution in [0.4, 0.5) is 4.39 Å². The van der Waals surface area contributed by atoms with E-state index in [1.54, 1.807) is 4.90 Å². The van der Waals surface area contributed by atoms with Gasteiger partial charge in [-0.1, -0.05) is 0 Å². The maximum Gasteiger partial charge on any atom is 0.253 e. The molecule has 6 heteroatoms. The van der Waals surface area contributed by atoms with Crippen molar-refractivity contribution in [3.8, 4) is 0 Å². The molecule has 0 saturated carbocycles. The Morgan fingerprint density at radius 2 is 1.74 bits per heavy atom. The van der Waals surface area contributed by atoms with Crippen molar-refractivity contribution in [2.75, 3.05) is 38.6 Å². The summed E-state index contributed by atoms with van der Waals surface area (Å²) in [5.74, 6) is 0.269. The second kappa shape index (κ2) is 7.68. The second-order valence-electron chi connectivity index (χ2n) is 4.33. The summed E-state index contributed by atoms with van der Waals surface area (Å²) in [6.45, 7) is 3.96. The Morgan fingerprint density at radius 1 is 1.16 bits per heavy atom. The van der Waals surface area contributed by atoms with Crippen LogP contribution in [0.1, 0.15) is 10.4 Å². The monoisotopic (exact) mass is 306 g/mol. The number of hydrogen-bond donors (Lipinski definition) is 0. The van der Waals surface area contributed by atoms with E-state index < -0.39 is 0 Å². The first-order valence-electron chi connectivity index (χ1n) is 6.04. The van der Waals surface area contributed by atoms with Crippen LogP contribution in [0.3, 0.4) is 0 Å². The average molecular weight is 307 g/mol. The van der Waals surface area contributed by atoms with Crippen LogP contribution in [0.25, 0.3) is 0 Å². The quantitative estimate of drug-likeness (QED) is 0.800. The maximum absolute atomic E-state index is 12.8. The first-order valence-corrected chi connectivity index (χ1v) is 6.57. The predicted molar refractivity (Wildman–Crippen MR) is 76.7 cm³/mol. The highest BCUT2D eigenvalue weighted by molar-refractivity contribution is 6.18. The molecule has 0 N–H and O–H groups in total. The highest BCUT2D eigenvalue weighted by atomic mass is 35.5. The number of rotatable bonds is 3. The third-order valence-electron chi connectivity index (χ3n) is 3.15. The zero-order valence-corrected chi connectivity index (χ0v) is 12.1. The van der Waals surface area contributed by atoms with Crippen LogP contribution in [0.5, 0.6) is 0 Å². The van der Waals surface area contributed by atoms with Crippen molar-refractivity contribution in [1.82, 2.24) is 9.80 Å². The lowest BCUT2D eigenvalue weighted by molar-refractivity contribution is 0.0644. The highest BCUT2D eigenvalue weighted by Crippen LogP contribution is 2.09. The minimum atomic E-state index is -0.321. The van der Waals surface area contributed by atoms with Crippen molar-refractivity contribution < 1.29 is 9.18 Å². The molecule has 0 aliphatic carbocycles. The van der Waals surface area contributed by atoms with Gasteiger partial charge < -0.3 is 4.90 Å². The first kappa shape index (κ1) is 16.2. The molecular weight excluding hydrogens is 290 g/mol. The fourth-order valence-corrected chi connectivity index (χ4v) is 2.31. The van der Waals surface area contributed by atoms with Gasteiger partial charge >= 0.3 is 0 Å². The van der Waals surface area contributed by atoms with E-state index in [0.29, 0.717) is 24.5 Å². The second-order valence-corrected chi connectivity index (χ2v) is 4.71. The molecule has 1 heterocycles. The number of hydrogen-bond acceptors (Lipinski definition) is 2. The number of amides is 1.